The molecule has 2 heterocycles. The van der Waals surface area contributed by atoms with Gasteiger partial charge in [0.15, 0.2) is 0 Å². The minimum absolute atomic E-state index is 0.00326. The van der Waals surface area contributed by atoms with E-state index in [9.17, 15) is 4.79 Å². The average Bonchev–Trinajstić information content (AvgIpc) is 3.25. The summed E-state index contributed by atoms with van der Waals surface area (Å²) in [6.45, 7) is 0. The fraction of sp³-hybridized carbons (Fsp3) is 0.222. The Labute approximate surface area is 133 Å². The van der Waals surface area contributed by atoms with Gasteiger partial charge in [0.05, 0.1) is 29.8 Å². The minimum Gasteiger partial charge on any atom is -0.469 e. The molecule has 0 saturated carbocycles. The zero-order valence-corrected chi connectivity index (χ0v) is 12.6. The number of H-pyrrole nitrogens is 1. The molecule has 0 spiro atoms. The van der Waals surface area contributed by atoms with Crippen molar-refractivity contribution < 1.29 is 9.21 Å². The molecule has 4 rings (SSSR count). The van der Waals surface area contributed by atoms with Crippen LogP contribution in [0, 0.1) is 0 Å². The molecule has 1 aliphatic rings. The number of aromatic amines is 1. The molecule has 2 aromatic heterocycles. The maximum Gasteiger partial charge on any atom is 0.255 e. The number of fused-ring (bicyclic) bond motifs is 1. The Morgan fingerprint density at radius 2 is 2.13 bits per heavy atom. The van der Waals surface area contributed by atoms with Crippen LogP contribution < -0.4 is 5.32 Å². The summed E-state index contributed by atoms with van der Waals surface area (Å²) in [5.41, 5.74) is 3.34. The van der Waals surface area contributed by atoms with Crippen molar-refractivity contribution in [2.75, 3.05) is 0 Å². The quantitative estimate of drug-likeness (QED) is 0.778. The van der Waals surface area contributed by atoms with Crippen LogP contribution in [0.3, 0.4) is 0 Å². The lowest BCUT2D eigenvalue weighted by Gasteiger charge is -2.22. The SMILES string of the molecule is O=C(NC1CCCc2occc21)c1cn[nH]c1-c1ccccc1. The van der Waals surface area contributed by atoms with Gasteiger partial charge in [-0.05, 0) is 18.9 Å². The van der Waals surface area contributed by atoms with Crippen molar-refractivity contribution >= 4 is 5.91 Å². The highest BCUT2D eigenvalue weighted by Gasteiger charge is 2.25. The van der Waals surface area contributed by atoms with Gasteiger partial charge in [-0.25, -0.2) is 0 Å². The Morgan fingerprint density at radius 3 is 3.00 bits per heavy atom. The number of furan rings is 1. The van der Waals surface area contributed by atoms with E-state index in [4.69, 9.17) is 4.42 Å². The first kappa shape index (κ1) is 13.8. The summed E-state index contributed by atoms with van der Waals surface area (Å²) in [5.74, 6) is 0.869. The van der Waals surface area contributed by atoms with Crippen molar-refractivity contribution in [1.29, 1.82) is 0 Å². The molecule has 1 unspecified atom stereocenters. The Kier molecular flexibility index (Phi) is 3.46. The number of hydrogen-bond acceptors (Lipinski definition) is 3. The summed E-state index contributed by atoms with van der Waals surface area (Å²) in [6, 6.07) is 11.7. The van der Waals surface area contributed by atoms with E-state index in [1.54, 1.807) is 12.5 Å². The number of rotatable bonds is 3. The molecule has 1 aromatic carbocycles. The molecule has 23 heavy (non-hydrogen) atoms. The fourth-order valence-electron chi connectivity index (χ4n) is 3.16. The van der Waals surface area contributed by atoms with Gasteiger partial charge in [0.25, 0.3) is 5.91 Å². The number of nitrogens with one attached hydrogen (secondary N) is 2. The van der Waals surface area contributed by atoms with E-state index in [2.05, 4.69) is 15.5 Å². The molecule has 1 aliphatic carbocycles. The molecule has 5 nitrogen and oxygen atoms in total. The number of nitrogens with zero attached hydrogens (tertiary/aromatic N) is 1. The summed E-state index contributed by atoms with van der Waals surface area (Å²) < 4.78 is 5.48. The largest absolute Gasteiger partial charge is 0.469 e. The Morgan fingerprint density at radius 1 is 1.26 bits per heavy atom. The fourth-order valence-corrected chi connectivity index (χ4v) is 3.16. The summed E-state index contributed by atoms with van der Waals surface area (Å²) in [6.07, 6.45) is 6.16. The minimum atomic E-state index is -0.114. The summed E-state index contributed by atoms with van der Waals surface area (Å²) >= 11 is 0. The zero-order chi connectivity index (χ0) is 15.6. The van der Waals surface area contributed by atoms with Gasteiger partial charge in [0.2, 0.25) is 0 Å². The van der Waals surface area contributed by atoms with E-state index in [0.717, 1.165) is 41.8 Å². The van der Waals surface area contributed by atoms with E-state index in [-0.39, 0.29) is 11.9 Å². The third-order valence-corrected chi connectivity index (χ3v) is 4.30. The highest BCUT2D eigenvalue weighted by atomic mass is 16.3. The molecular formula is C18H17N3O2. The van der Waals surface area contributed by atoms with Crippen LogP contribution in [0.4, 0.5) is 0 Å². The van der Waals surface area contributed by atoms with Gasteiger partial charge in [0, 0.05) is 17.5 Å². The topological polar surface area (TPSA) is 70.9 Å². The Bertz CT molecular complexity index is 820. The smallest absolute Gasteiger partial charge is 0.255 e. The van der Waals surface area contributed by atoms with Gasteiger partial charge >= 0.3 is 0 Å². The van der Waals surface area contributed by atoms with Crippen LogP contribution in [0.1, 0.15) is 40.6 Å². The van der Waals surface area contributed by atoms with Crippen LogP contribution in [0.25, 0.3) is 11.3 Å². The molecule has 1 atom stereocenters. The van der Waals surface area contributed by atoms with E-state index in [1.807, 2.05) is 36.4 Å². The van der Waals surface area contributed by atoms with Crippen LogP contribution in [0.2, 0.25) is 0 Å². The van der Waals surface area contributed by atoms with Crippen LogP contribution in [-0.2, 0) is 6.42 Å². The van der Waals surface area contributed by atoms with E-state index in [0.29, 0.717) is 5.56 Å². The number of benzene rings is 1. The average molecular weight is 307 g/mol. The number of carbonyl (C=O) groups excluding carboxylic acids is 1. The maximum atomic E-state index is 12.7. The zero-order valence-electron chi connectivity index (χ0n) is 12.6. The maximum absolute atomic E-state index is 12.7. The Hall–Kier alpha value is -2.82. The third kappa shape index (κ3) is 2.54. The van der Waals surface area contributed by atoms with Gasteiger partial charge in [-0.3, -0.25) is 9.89 Å². The second kappa shape index (κ2) is 5.76. The number of carbonyl (C=O) groups is 1. The van der Waals surface area contributed by atoms with Crippen LogP contribution in [0.15, 0.2) is 53.3 Å². The predicted octanol–water partition coefficient (Wildman–Crippen LogP) is 3.48. The van der Waals surface area contributed by atoms with Gasteiger partial charge < -0.3 is 9.73 Å². The van der Waals surface area contributed by atoms with Gasteiger partial charge in [-0.15, -0.1) is 0 Å². The van der Waals surface area contributed by atoms with Crippen molar-refractivity contribution in [2.24, 2.45) is 0 Å². The molecule has 3 aromatic rings. The number of hydrogen-bond donors (Lipinski definition) is 2. The lowest BCUT2D eigenvalue weighted by molar-refractivity contribution is 0.0933. The third-order valence-electron chi connectivity index (χ3n) is 4.30. The summed E-state index contributed by atoms with van der Waals surface area (Å²) in [7, 11) is 0. The first-order valence-electron chi connectivity index (χ1n) is 7.79. The van der Waals surface area contributed by atoms with E-state index >= 15 is 0 Å². The van der Waals surface area contributed by atoms with E-state index in [1.165, 1.54) is 0 Å². The molecule has 5 heteroatoms. The second-order valence-electron chi connectivity index (χ2n) is 5.74. The van der Waals surface area contributed by atoms with Crippen molar-refractivity contribution in [3.63, 3.8) is 0 Å². The van der Waals surface area contributed by atoms with Crippen LogP contribution >= 0.6 is 0 Å². The molecule has 0 fully saturated rings. The van der Waals surface area contributed by atoms with Crippen molar-refractivity contribution in [3.8, 4) is 11.3 Å². The van der Waals surface area contributed by atoms with Crippen molar-refractivity contribution in [3.05, 3.63) is 65.7 Å². The molecule has 2 N–H and O–H groups in total. The molecule has 1 amide bonds. The second-order valence-corrected chi connectivity index (χ2v) is 5.74. The number of aromatic nitrogens is 2. The van der Waals surface area contributed by atoms with Crippen LogP contribution in [-0.4, -0.2) is 16.1 Å². The lowest BCUT2D eigenvalue weighted by Crippen LogP contribution is -2.30. The standard InChI is InChI=1S/C18H17N3O2/c22-18(20-15-7-4-8-16-13(15)9-10-23-16)14-11-19-21-17(14)12-5-2-1-3-6-12/h1-3,5-6,9-11,15H,4,7-8H2,(H,19,21)(H,20,22). The van der Waals surface area contributed by atoms with Crippen LogP contribution in [0.5, 0.6) is 0 Å². The summed E-state index contributed by atoms with van der Waals surface area (Å²) in [4.78, 5) is 12.7. The summed E-state index contributed by atoms with van der Waals surface area (Å²) in [5, 5.41) is 10.1. The molecular weight excluding hydrogens is 290 g/mol. The highest BCUT2D eigenvalue weighted by molar-refractivity contribution is 5.99. The Balaban J connectivity index is 1.59. The van der Waals surface area contributed by atoms with Crippen molar-refractivity contribution in [2.45, 2.75) is 25.3 Å². The lowest BCUT2D eigenvalue weighted by atomic mass is 9.93. The monoisotopic (exact) mass is 307 g/mol. The predicted molar refractivity (Wildman–Crippen MR) is 85.9 cm³/mol. The molecule has 116 valence electrons. The molecule has 0 bridgehead atoms. The van der Waals surface area contributed by atoms with E-state index < -0.39 is 0 Å². The van der Waals surface area contributed by atoms with Gasteiger partial charge in [-0.1, -0.05) is 30.3 Å². The molecule has 0 radical (unpaired) electrons. The van der Waals surface area contributed by atoms with Gasteiger partial charge in [0.1, 0.15) is 5.76 Å². The molecule has 0 saturated heterocycles. The highest BCUT2D eigenvalue weighted by Crippen LogP contribution is 2.31. The normalized spacial score (nSPS) is 16.8. The van der Waals surface area contributed by atoms with Crippen molar-refractivity contribution in [1.82, 2.24) is 15.5 Å². The van der Waals surface area contributed by atoms with Gasteiger partial charge in [-0.2, -0.15) is 5.10 Å². The number of aryl methyl sites for hydroxylation is 1. The first-order valence-corrected chi connectivity index (χ1v) is 7.79. The first-order chi connectivity index (χ1) is 11.3. The molecule has 0 aliphatic heterocycles. The number of amides is 1.